The van der Waals surface area contributed by atoms with Crippen molar-refractivity contribution in [3.05, 3.63) is 40.6 Å². The fraction of sp³-hybridized carbons (Fsp3) is 0.500. The van der Waals surface area contributed by atoms with Crippen molar-refractivity contribution in [2.75, 3.05) is 13.1 Å². The standard InChI is InChI=1S/C16H18BrFN4O2S/c17-12-3-6-14(18)15(8-12)25(23,24)21-7-1-2-11(9-21)16-20-19-10-22(16)13-4-5-13/h3,6,8,10-11,13H,1-2,4-5,7,9H2/t11-/m1/s1. The fourth-order valence-corrected chi connectivity index (χ4v) is 5.49. The summed E-state index contributed by atoms with van der Waals surface area (Å²) in [6.45, 7) is 0.696. The molecule has 1 saturated heterocycles. The summed E-state index contributed by atoms with van der Waals surface area (Å²) in [5.41, 5.74) is 0. The van der Waals surface area contributed by atoms with Crippen LogP contribution in [-0.2, 0) is 10.0 Å². The number of rotatable bonds is 4. The Labute approximate surface area is 154 Å². The molecule has 0 bridgehead atoms. The highest BCUT2D eigenvalue weighted by Gasteiger charge is 2.36. The molecule has 1 aromatic carbocycles. The van der Waals surface area contributed by atoms with Crippen molar-refractivity contribution in [1.82, 2.24) is 19.1 Å². The molecule has 0 radical (unpaired) electrons. The molecule has 2 aliphatic rings. The van der Waals surface area contributed by atoms with Crippen LogP contribution in [0.25, 0.3) is 0 Å². The molecule has 2 aromatic rings. The molecule has 1 aliphatic carbocycles. The van der Waals surface area contributed by atoms with Crippen LogP contribution in [0.5, 0.6) is 0 Å². The summed E-state index contributed by atoms with van der Waals surface area (Å²) >= 11 is 3.22. The highest BCUT2D eigenvalue weighted by atomic mass is 79.9. The number of hydrogen-bond acceptors (Lipinski definition) is 4. The van der Waals surface area contributed by atoms with Gasteiger partial charge in [0, 0.05) is 29.5 Å². The predicted octanol–water partition coefficient (Wildman–Crippen LogP) is 3.08. The first kappa shape index (κ1) is 17.1. The number of nitrogens with zero attached hydrogens (tertiary/aromatic N) is 4. The summed E-state index contributed by atoms with van der Waals surface area (Å²) in [4.78, 5) is -0.286. The minimum absolute atomic E-state index is 0.0122. The maximum atomic E-state index is 14.1. The van der Waals surface area contributed by atoms with E-state index in [9.17, 15) is 12.8 Å². The quantitative estimate of drug-likeness (QED) is 0.749. The second-order valence-corrected chi connectivity index (χ2v) is 9.43. The normalized spacial score (nSPS) is 22.2. The van der Waals surface area contributed by atoms with Crippen LogP contribution >= 0.6 is 15.9 Å². The Morgan fingerprint density at radius 3 is 2.80 bits per heavy atom. The molecule has 0 unspecified atom stereocenters. The van der Waals surface area contributed by atoms with E-state index in [-0.39, 0.29) is 10.8 Å². The third kappa shape index (κ3) is 3.24. The van der Waals surface area contributed by atoms with Crippen molar-refractivity contribution < 1.29 is 12.8 Å². The molecule has 2 heterocycles. The van der Waals surface area contributed by atoms with Crippen LogP contribution in [0, 0.1) is 5.82 Å². The van der Waals surface area contributed by atoms with Gasteiger partial charge in [-0.25, -0.2) is 12.8 Å². The Morgan fingerprint density at radius 2 is 2.04 bits per heavy atom. The van der Waals surface area contributed by atoms with Crippen LogP contribution in [0.2, 0.25) is 0 Å². The van der Waals surface area contributed by atoms with Gasteiger partial charge >= 0.3 is 0 Å². The summed E-state index contributed by atoms with van der Waals surface area (Å²) in [5.74, 6) is 0.102. The van der Waals surface area contributed by atoms with E-state index in [0.29, 0.717) is 23.6 Å². The van der Waals surface area contributed by atoms with Gasteiger partial charge < -0.3 is 4.57 Å². The van der Waals surface area contributed by atoms with Crippen molar-refractivity contribution in [3.63, 3.8) is 0 Å². The van der Waals surface area contributed by atoms with Gasteiger partial charge in [0.15, 0.2) is 0 Å². The molecular weight excluding hydrogens is 411 g/mol. The number of halogens is 2. The molecule has 1 saturated carbocycles. The second kappa shape index (κ2) is 6.44. The van der Waals surface area contributed by atoms with Gasteiger partial charge in [-0.3, -0.25) is 0 Å². The average Bonchev–Trinajstić information content (AvgIpc) is 3.33. The molecular formula is C16H18BrFN4O2S. The average molecular weight is 429 g/mol. The predicted molar refractivity (Wildman–Crippen MR) is 93.1 cm³/mol. The minimum Gasteiger partial charge on any atom is -0.314 e. The number of benzene rings is 1. The Kier molecular flexibility index (Phi) is 4.41. The minimum atomic E-state index is -3.89. The lowest BCUT2D eigenvalue weighted by atomic mass is 9.99. The van der Waals surface area contributed by atoms with Crippen LogP contribution in [0.4, 0.5) is 4.39 Å². The monoisotopic (exact) mass is 428 g/mol. The lowest BCUT2D eigenvalue weighted by molar-refractivity contribution is 0.303. The smallest absolute Gasteiger partial charge is 0.246 e. The Balaban J connectivity index is 1.62. The summed E-state index contributed by atoms with van der Waals surface area (Å²) < 4.78 is 44.0. The molecule has 6 nitrogen and oxygen atoms in total. The maximum Gasteiger partial charge on any atom is 0.246 e. The van der Waals surface area contributed by atoms with E-state index in [1.807, 2.05) is 0 Å². The summed E-state index contributed by atoms with van der Waals surface area (Å²) in [6, 6.07) is 4.42. The van der Waals surface area contributed by atoms with Gasteiger partial charge in [-0.1, -0.05) is 15.9 Å². The number of aromatic nitrogens is 3. The second-order valence-electron chi connectivity index (χ2n) is 6.60. The first-order valence-electron chi connectivity index (χ1n) is 8.31. The van der Waals surface area contributed by atoms with Gasteiger partial charge in [0.05, 0.1) is 0 Å². The van der Waals surface area contributed by atoms with Gasteiger partial charge in [0.2, 0.25) is 10.0 Å². The van der Waals surface area contributed by atoms with E-state index in [2.05, 4.69) is 30.7 Å². The maximum absolute atomic E-state index is 14.1. The molecule has 9 heteroatoms. The summed E-state index contributed by atoms with van der Waals surface area (Å²) in [7, 11) is -3.89. The number of hydrogen-bond donors (Lipinski definition) is 0. The topological polar surface area (TPSA) is 68.1 Å². The van der Waals surface area contributed by atoms with Crippen LogP contribution in [-0.4, -0.2) is 40.6 Å². The van der Waals surface area contributed by atoms with Crippen molar-refractivity contribution in [1.29, 1.82) is 0 Å². The Morgan fingerprint density at radius 1 is 1.24 bits per heavy atom. The van der Waals surface area contributed by atoms with Gasteiger partial charge in [0.25, 0.3) is 0 Å². The van der Waals surface area contributed by atoms with E-state index >= 15 is 0 Å². The van der Waals surface area contributed by atoms with Crippen LogP contribution in [0.15, 0.2) is 33.9 Å². The molecule has 0 spiro atoms. The zero-order valence-corrected chi connectivity index (χ0v) is 15.9. The van der Waals surface area contributed by atoms with Crippen molar-refractivity contribution in [3.8, 4) is 0 Å². The summed E-state index contributed by atoms with van der Waals surface area (Å²) in [6.07, 6.45) is 5.54. The van der Waals surface area contributed by atoms with Gasteiger partial charge in [-0.2, -0.15) is 4.31 Å². The lowest BCUT2D eigenvalue weighted by Crippen LogP contribution is -2.40. The SMILES string of the molecule is O=S(=O)(c1cc(Br)ccc1F)N1CCC[C@@H](c2nncn2C2CC2)C1. The molecule has 134 valence electrons. The Bertz CT molecular complexity index is 897. The third-order valence-corrected chi connectivity index (χ3v) is 7.17. The number of sulfonamides is 1. The highest BCUT2D eigenvalue weighted by molar-refractivity contribution is 9.10. The molecule has 0 N–H and O–H groups in total. The fourth-order valence-electron chi connectivity index (χ4n) is 3.36. The number of piperidine rings is 1. The van der Waals surface area contributed by atoms with Gasteiger partial charge in [-0.15, -0.1) is 10.2 Å². The van der Waals surface area contributed by atoms with Crippen LogP contribution < -0.4 is 0 Å². The zero-order chi connectivity index (χ0) is 17.6. The van der Waals surface area contributed by atoms with Gasteiger partial charge in [0.1, 0.15) is 22.9 Å². The van der Waals surface area contributed by atoms with Gasteiger partial charge in [-0.05, 0) is 43.9 Å². The molecule has 0 amide bonds. The van der Waals surface area contributed by atoms with Crippen molar-refractivity contribution in [2.24, 2.45) is 0 Å². The van der Waals surface area contributed by atoms with Crippen molar-refractivity contribution in [2.45, 2.75) is 42.5 Å². The largest absolute Gasteiger partial charge is 0.314 e. The molecule has 1 aromatic heterocycles. The van der Waals surface area contributed by atoms with E-state index in [1.54, 1.807) is 6.33 Å². The van der Waals surface area contributed by atoms with E-state index in [0.717, 1.165) is 31.5 Å². The third-order valence-electron chi connectivity index (χ3n) is 4.80. The Hall–Kier alpha value is -1.32. The molecule has 4 rings (SSSR count). The van der Waals surface area contributed by atoms with Crippen molar-refractivity contribution >= 4 is 26.0 Å². The zero-order valence-electron chi connectivity index (χ0n) is 13.5. The molecule has 2 fully saturated rings. The highest BCUT2D eigenvalue weighted by Crippen LogP contribution is 2.38. The first-order valence-corrected chi connectivity index (χ1v) is 10.5. The van der Waals surface area contributed by atoms with Crippen LogP contribution in [0.1, 0.15) is 43.5 Å². The lowest BCUT2D eigenvalue weighted by Gasteiger charge is -2.31. The first-order chi connectivity index (χ1) is 12.0. The molecule has 1 atom stereocenters. The summed E-state index contributed by atoms with van der Waals surface area (Å²) in [5, 5.41) is 8.24. The van der Waals surface area contributed by atoms with E-state index in [1.165, 1.54) is 22.5 Å². The molecule has 1 aliphatic heterocycles. The van der Waals surface area contributed by atoms with Crippen LogP contribution in [0.3, 0.4) is 0 Å². The van der Waals surface area contributed by atoms with E-state index in [4.69, 9.17) is 0 Å². The van der Waals surface area contributed by atoms with E-state index < -0.39 is 15.8 Å². The molecule has 25 heavy (non-hydrogen) atoms.